The van der Waals surface area contributed by atoms with Crippen molar-refractivity contribution in [3.8, 4) is 22.8 Å². The van der Waals surface area contributed by atoms with Gasteiger partial charge in [-0.25, -0.2) is 4.68 Å². The third-order valence-electron chi connectivity index (χ3n) is 2.71. The lowest BCUT2D eigenvalue weighted by molar-refractivity contribution is 0.394. The van der Waals surface area contributed by atoms with E-state index in [1.807, 2.05) is 25.2 Å². The molecule has 0 aliphatic heterocycles. The van der Waals surface area contributed by atoms with Crippen molar-refractivity contribution >= 4 is 0 Å². The van der Waals surface area contributed by atoms with Gasteiger partial charge in [0.1, 0.15) is 17.2 Å². The lowest BCUT2D eigenvalue weighted by atomic mass is 10.1. The molecule has 2 rings (SSSR count). The monoisotopic (exact) mass is 248 g/mol. The van der Waals surface area contributed by atoms with E-state index in [4.69, 9.17) is 15.2 Å². The number of aryl methyl sites for hydroxylation is 1. The van der Waals surface area contributed by atoms with Gasteiger partial charge in [0.25, 0.3) is 0 Å². The van der Waals surface area contributed by atoms with E-state index < -0.39 is 0 Å². The van der Waals surface area contributed by atoms with Crippen molar-refractivity contribution in [2.45, 2.75) is 6.54 Å². The van der Waals surface area contributed by atoms with Crippen LogP contribution in [0.1, 0.15) is 5.69 Å². The first kappa shape index (κ1) is 12.4. The number of hydrogen-bond donors (Lipinski definition) is 1. The van der Waals surface area contributed by atoms with Crippen LogP contribution in [0.3, 0.4) is 0 Å². The summed E-state index contributed by atoms with van der Waals surface area (Å²) in [5.41, 5.74) is 8.19. The molecule has 0 atom stereocenters. The molecule has 2 aromatic rings. The molecule has 1 heterocycles. The molecule has 0 fully saturated rings. The first-order valence-electron chi connectivity index (χ1n) is 5.51. The molecule has 0 unspecified atom stereocenters. The second kappa shape index (κ2) is 5.05. The maximum Gasteiger partial charge on any atom is 0.123 e. The van der Waals surface area contributed by atoms with Gasteiger partial charge < -0.3 is 15.2 Å². The molecule has 6 heteroatoms. The van der Waals surface area contributed by atoms with E-state index in [2.05, 4.69) is 10.3 Å². The third-order valence-corrected chi connectivity index (χ3v) is 2.71. The molecular weight excluding hydrogens is 232 g/mol. The Morgan fingerprint density at radius 2 is 1.78 bits per heavy atom. The highest BCUT2D eigenvalue weighted by molar-refractivity contribution is 5.66. The van der Waals surface area contributed by atoms with Crippen LogP contribution < -0.4 is 15.2 Å². The van der Waals surface area contributed by atoms with Crippen LogP contribution in [0.4, 0.5) is 0 Å². The Hall–Kier alpha value is -2.08. The normalized spacial score (nSPS) is 10.4. The number of methoxy groups -OCH3 is 2. The smallest absolute Gasteiger partial charge is 0.123 e. The van der Waals surface area contributed by atoms with Gasteiger partial charge in [0.15, 0.2) is 0 Å². The minimum atomic E-state index is 0.336. The van der Waals surface area contributed by atoms with Gasteiger partial charge >= 0.3 is 0 Å². The SMILES string of the molecule is COc1cc(OC)cc(-c2c(CN)nnn2C)c1. The second-order valence-electron chi connectivity index (χ2n) is 3.81. The quantitative estimate of drug-likeness (QED) is 0.872. The van der Waals surface area contributed by atoms with Crippen molar-refractivity contribution < 1.29 is 9.47 Å². The van der Waals surface area contributed by atoms with Gasteiger partial charge in [0.2, 0.25) is 0 Å². The minimum Gasteiger partial charge on any atom is -0.497 e. The van der Waals surface area contributed by atoms with Gasteiger partial charge in [-0.2, -0.15) is 0 Å². The summed E-state index contributed by atoms with van der Waals surface area (Å²) >= 11 is 0. The zero-order chi connectivity index (χ0) is 13.1. The summed E-state index contributed by atoms with van der Waals surface area (Å²) < 4.78 is 12.2. The van der Waals surface area contributed by atoms with E-state index in [1.54, 1.807) is 18.9 Å². The molecule has 1 aromatic heterocycles. The predicted octanol–water partition coefficient (Wildman–Crippen LogP) is 0.958. The van der Waals surface area contributed by atoms with E-state index in [-0.39, 0.29) is 0 Å². The maximum atomic E-state index is 5.66. The lowest BCUT2D eigenvalue weighted by Crippen LogP contribution is -2.01. The Morgan fingerprint density at radius 1 is 1.17 bits per heavy atom. The number of benzene rings is 1. The summed E-state index contributed by atoms with van der Waals surface area (Å²) in [5.74, 6) is 1.43. The molecule has 2 N–H and O–H groups in total. The molecule has 6 nitrogen and oxygen atoms in total. The van der Waals surface area contributed by atoms with Gasteiger partial charge in [-0.05, 0) is 12.1 Å². The van der Waals surface area contributed by atoms with Crippen molar-refractivity contribution in [2.75, 3.05) is 14.2 Å². The number of nitrogens with two attached hydrogens (primary N) is 1. The van der Waals surface area contributed by atoms with E-state index >= 15 is 0 Å². The molecule has 1 aromatic carbocycles. The summed E-state index contributed by atoms with van der Waals surface area (Å²) in [7, 11) is 5.06. The van der Waals surface area contributed by atoms with Gasteiger partial charge in [0, 0.05) is 25.2 Å². The fraction of sp³-hybridized carbons (Fsp3) is 0.333. The molecule has 0 saturated heterocycles. The number of nitrogens with zero attached hydrogens (tertiary/aromatic N) is 3. The summed E-state index contributed by atoms with van der Waals surface area (Å²) in [4.78, 5) is 0. The van der Waals surface area contributed by atoms with Crippen molar-refractivity contribution in [3.63, 3.8) is 0 Å². The predicted molar refractivity (Wildman–Crippen MR) is 67.4 cm³/mol. The average Bonchev–Trinajstić information content (AvgIpc) is 2.79. The van der Waals surface area contributed by atoms with Gasteiger partial charge in [-0.15, -0.1) is 5.10 Å². The average molecular weight is 248 g/mol. The molecule has 0 bridgehead atoms. The van der Waals surface area contributed by atoms with Crippen LogP contribution in [0.2, 0.25) is 0 Å². The van der Waals surface area contributed by atoms with Crippen molar-refractivity contribution in [1.82, 2.24) is 15.0 Å². The fourth-order valence-corrected chi connectivity index (χ4v) is 1.84. The molecule has 0 amide bonds. The fourth-order valence-electron chi connectivity index (χ4n) is 1.84. The first-order valence-corrected chi connectivity index (χ1v) is 5.51. The summed E-state index contributed by atoms with van der Waals surface area (Å²) in [6.07, 6.45) is 0. The van der Waals surface area contributed by atoms with Crippen LogP contribution in [0.5, 0.6) is 11.5 Å². The van der Waals surface area contributed by atoms with E-state index in [0.717, 1.165) is 17.0 Å². The summed E-state index contributed by atoms with van der Waals surface area (Å²) in [5, 5.41) is 8.01. The molecule has 96 valence electrons. The zero-order valence-electron chi connectivity index (χ0n) is 10.7. The standard InChI is InChI=1S/C12H16N4O2/c1-16-12(11(7-13)14-15-16)8-4-9(17-2)6-10(5-8)18-3/h4-6H,7,13H2,1-3H3. The zero-order valence-corrected chi connectivity index (χ0v) is 10.7. The Bertz CT molecular complexity index is 529. The highest BCUT2D eigenvalue weighted by Crippen LogP contribution is 2.30. The first-order chi connectivity index (χ1) is 8.69. The van der Waals surface area contributed by atoms with Crippen LogP contribution in [0.25, 0.3) is 11.3 Å². The highest BCUT2D eigenvalue weighted by Gasteiger charge is 2.13. The number of ether oxygens (including phenoxy) is 2. The third kappa shape index (κ3) is 2.14. The van der Waals surface area contributed by atoms with Crippen LogP contribution in [0, 0.1) is 0 Å². The number of hydrogen-bond acceptors (Lipinski definition) is 5. The van der Waals surface area contributed by atoms with Crippen LogP contribution >= 0.6 is 0 Å². The van der Waals surface area contributed by atoms with Gasteiger partial charge in [0.05, 0.1) is 19.9 Å². The van der Waals surface area contributed by atoms with E-state index in [9.17, 15) is 0 Å². The topological polar surface area (TPSA) is 75.2 Å². The Balaban J connectivity index is 2.58. The van der Waals surface area contributed by atoms with Crippen molar-refractivity contribution in [3.05, 3.63) is 23.9 Å². The van der Waals surface area contributed by atoms with Crippen molar-refractivity contribution in [2.24, 2.45) is 12.8 Å². The largest absolute Gasteiger partial charge is 0.497 e. The minimum absolute atomic E-state index is 0.336. The molecule has 0 aliphatic carbocycles. The number of rotatable bonds is 4. The highest BCUT2D eigenvalue weighted by atomic mass is 16.5. The van der Waals surface area contributed by atoms with Gasteiger partial charge in [-0.3, -0.25) is 0 Å². The molecular formula is C12H16N4O2. The molecule has 0 radical (unpaired) electrons. The summed E-state index contributed by atoms with van der Waals surface area (Å²) in [6, 6.07) is 5.62. The van der Waals surface area contributed by atoms with E-state index in [0.29, 0.717) is 18.0 Å². The number of aromatic nitrogens is 3. The molecule has 18 heavy (non-hydrogen) atoms. The molecule has 0 spiro atoms. The molecule has 0 aliphatic rings. The molecule has 0 saturated carbocycles. The van der Waals surface area contributed by atoms with Crippen molar-refractivity contribution in [1.29, 1.82) is 0 Å². The van der Waals surface area contributed by atoms with E-state index in [1.165, 1.54) is 0 Å². The Kier molecular flexibility index (Phi) is 3.47. The van der Waals surface area contributed by atoms with Crippen LogP contribution in [-0.4, -0.2) is 29.2 Å². The van der Waals surface area contributed by atoms with Crippen LogP contribution in [-0.2, 0) is 13.6 Å². The Morgan fingerprint density at radius 3 is 2.28 bits per heavy atom. The lowest BCUT2D eigenvalue weighted by Gasteiger charge is -2.09. The second-order valence-corrected chi connectivity index (χ2v) is 3.81. The summed E-state index contributed by atoms with van der Waals surface area (Å²) in [6.45, 7) is 0.336. The van der Waals surface area contributed by atoms with Crippen LogP contribution in [0.15, 0.2) is 18.2 Å². The maximum absolute atomic E-state index is 5.66. The Labute approximate surface area is 105 Å². The van der Waals surface area contributed by atoms with Gasteiger partial charge in [-0.1, -0.05) is 5.21 Å².